The number of hydrogen-bond donors (Lipinski definition) is 2. The lowest BCUT2D eigenvalue weighted by Gasteiger charge is -2.18. The van der Waals surface area contributed by atoms with Crippen molar-refractivity contribution in [1.82, 2.24) is 10.0 Å². The second kappa shape index (κ2) is 7.48. The highest BCUT2D eigenvalue weighted by atomic mass is 32.2. The molecule has 0 fully saturated rings. The molecule has 0 saturated heterocycles. The molecule has 0 aromatic heterocycles. The van der Waals surface area contributed by atoms with Crippen molar-refractivity contribution < 1.29 is 22.3 Å². The molecule has 0 aliphatic heterocycles. The maximum absolute atomic E-state index is 12.8. The molecule has 0 aliphatic rings. The van der Waals surface area contributed by atoms with Crippen molar-refractivity contribution in [3.63, 3.8) is 0 Å². The van der Waals surface area contributed by atoms with E-state index in [4.69, 9.17) is 4.74 Å². The summed E-state index contributed by atoms with van der Waals surface area (Å²) in [6.07, 6.45) is 0. The van der Waals surface area contributed by atoms with E-state index in [0.717, 1.165) is 24.3 Å². The molecular weight excluding hydrogens is 299 g/mol. The van der Waals surface area contributed by atoms with E-state index in [2.05, 4.69) is 10.0 Å². The van der Waals surface area contributed by atoms with Crippen molar-refractivity contribution >= 4 is 15.9 Å². The maximum Gasteiger partial charge on any atom is 0.241 e. The Morgan fingerprint density at radius 1 is 1.29 bits per heavy atom. The zero-order valence-electron chi connectivity index (χ0n) is 12.1. The summed E-state index contributed by atoms with van der Waals surface area (Å²) in [6, 6.07) is 3.16. The van der Waals surface area contributed by atoms with Crippen molar-refractivity contribution in [2.24, 2.45) is 0 Å². The first-order chi connectivity index (χ1) is 9.76. The van der Waals surface area contributed by atoms with Crippen LogP contribution in [0.2, 0.25) is 0 Å². The quantitative estimate of drug-likeness (QED) is 0.773. The summed E-state index contributed by atoms with van der Waals surface area (Å²) in [7, 11) is -2.37. The predicted molar refractivity (Wildman–Crippen MR) is 75.7 cm³/mol. The standard InChI is InChI=1S/C13H19FN2O4S/c1-9(8-20-3)15-13(17)10(2)16-21(18,19)12-6-4-11(14)5-7-12/h4-7,9-10,16H,8H2,1-3H3,(H,15,17)/t9-,10+/m1/s1. The molecule has 1 amide bonds. The highest BCUT2D eigenvalue weighted by Gasteiger charge is 2.22. The van der Waals surface area contributed by atoms with E-state index < -0.39 is 27.8 Å². The van der Waals surface area contributed by atoms with Crippen molar-refractivity contribution in [3.05, 3.63) is 30.1 Å². The van der Waals surface area contributed by atoms with E-state index in [-0.39, 0.29) is 10.9 Å². The monoisotopic (exact) mass is 318 g/mol. The van der Waals surface area contributed by atoms with Crippen LogP contribution in [-0.4, -0.2) is 40.1 Å². The molecule has 2 atom stereocenters. The summed E-state index contributed by atoms with van der Waals surface area (Å²) >= 11 is 0. The minimum absolute atomic E-state index is 0.103. The Morgan fingerprint density at radius 3 is 2.38 bits per heavy atom. The summed E-state index contributed by atoms with van der Waals surface area (Å²) in [5.74, 6) is -1.00. The molecule has 1 aromatic rings. The van der Waals surface area contributed by atoms with Gasteiger partial charge in [-0.05, 0) is 38.1 Å². The number of halogens is 1. The third kappa shape index (κ3) is 5.41. The van der Waals surface area contributed by atoms with Crippen LogP contribution in [0.1, 0.15) is 13.8 Å². The molecule has 0 aliphatic carbocycles. The molecule has 8 heteroatoms. The lowest BCUT2D eigenvalue weighted by atomic mass is 10.3. The highest BCUT2D eigenvalue weighted by Crippen LogP contribution is 2.10. The average molecular weight is 318 g/mol. The fourth-order valence-electron chi connectivity index (χ4n) is 1.63. The van der Waals surface area contributed by atoms with Crippen LogP contribution in [0, 0.1) is 5.82 Å². The van der Waals surface area contributed by atoms with Gasteiger partial charge in [0.1, 0.15) is 5.82 Å². The van der Waals surface area contributed by atoms with E-state index in [9.17, 15) is 17.6 Å². The molecule has 0 saturated carbocycles. The van der Waals surface area contributed by atoms with E-state index in [0.29, 0.717) is 6.61 Å². The van der Waals surface area contributed by atoms with Gasteiger partial charge >= 0.3 is 0 Å². The predicted octanol–water partition coefficient (Wildman–Crippen LogP) is 0.644. The first kappa shape index (κ1) is 17.5. The molecule has 118 valence electrons. The van der Waals surface area contributed by atoms with Crippen LogP contribution >= 0.6 is 0 Å². The first-order valence-corrected chi connectivity index (χ1v) is 7.82. The van der Waals surface area contributed by atoms with Crippen LogP contribution in [-0.2, 0) is 19.6 Å². The number of carbonyl (C=O) groups excluding carboxylic acids is 1. The van der Waals surface area contributed by atoms with E-state index in [1.165, 1.54) is 14.0 Å². The third-order valence-corrected chi connectivity index (χ3v) is 4.21. The van der Waals surface area contributed by atoms with Gasteiger partial charge in [0.25, 0.3) is 0 Å². The Labute approximate surface area is 123 Å². The lowest BCUT2D eigenvalue weighted by molar-refractivity contribution is -0.123. The molecule has 0 heterocycles. The average Bonchev–Trinajstić information content (AvgIpc) is 2.38. The van der Waals surface area contributed by atoms with Crippen LogP contribution in [0.5, 0.6) is 0 Å². The number of rotatable bonds is 7. The van der Waals surface area contributed by atoms with Gasteiger partial charge in [-0.2, -0.15) is 4.72 Å². The van der Waals surface area contributed by atoms with Crippen molar-refractivity contribution in [2.75, 3.05) is 13.7 Å². The molecule has 0 radical (unpaired) electrons. The minimum Gasteiger partial charge on any atom is -0.383 e. The van der Waals surface area contributed by atoms with Crippen LogP contribution in [0.3, 0.4) is 0 Å². The molecule has 2 N–H and O–H groups in total. The zero-order chi connectivity index (χ0) is 16.0. The number of hydrogen-bond acceptors (Lipinski definition) is 4. The van der Waals surface area contributed by atoms with Gasteiger partial charge in [-0.3, -0.25) is 4.79 Å². The third-order valence-electron chi connectivity index (χ3n) is 2.65. The molecular formula is C13H19FN2O4S. The smallest absolute Gasteiger partial charge is 0.241 e. The van der Waals surface area contributed by atoms with Gasteiger partial charge in [0.15, 0.2) is 0 Å². The van der Waals surface area contributed by atoms with E-state index >= 15 is 0 Å². The molecule has 1 aromatic carbocycles. The Kier molecular flexibility index (Phi) is 6.25. The fourth-order valence-corrected chi connectivity index (χ4v) is 2.83. The first-order valence-electron chi connectivity index (χ1n) is 6.33. The summed E-state index contributed by atoms with van der Waals surface area (Å²) in [6.45, 7) is 3.49. The van der Waals surface area contributed by atoms with Crippen LogP contribution < -0.4 is 10.0 Å². The van der Waals surface area contributed by atoms with E-state index in [1.807, 2.05) is 0 Å². The van der Waals surface area contributed by atoms with Crippen molar-refractivity contribution in [2.45, 2.75) is 30.8 Å². The van der Waals surface area contributed by atoms with Crippen LogP contribution in [0.25, 0.3) is 0 Å². The molecule has 0 spiro atoms. The Balaban J connectivity index is 2.70. The topological polar surface area (TPSA) is 84.5 Å². The Morgan fingerprint density at radius 2 is 1.86 bits per heavy atom. The van der Waals surface area contributed by atoms with E-state index in [1.54, 1.807) is 6.92 Å². The van der Waals surface area contributed by atoms with Crippen molar-refractivity contribution in [3.8, 4) is 0 Å². The summed E-state index contributed by atoms with van der Waals surface area (Å²) in [5.41, 5.74) is 0. The number of ether oxygens (including phenoxy) is 1. The number of amides is 1. The molecule has 21 heavy (non-hydrogen) atoms. The zero-order valence-corrected chi connectivity index (χ0v) is 12.9. The Hall–Kier alpha value is -1.51. The van der Waals surface area contributed by atoms with Gasteiger partial charge in [0.05, 0.1) is 17.5 Å². The second-order valence-electron chi connectivity index (χ2n) is 4.66. The largest absolute Gasteiger partial charge is 0.383 e. The van der Waals surface area contributed by atoms with Gasteiger partial charge in [-0.1, -0.05) is 0 Å². The summed E-state index contributed by atoms with van der Waals surface area (Å²) in [4.78, 5) is 11.7. The number of sulfonamides is 1. The second-order valence-corrected chi connectivity index (χ2v) is 6.38. The Bertz CT molecular complexity index is 574. The fraction of sp³-hybridized carbons (Fsp3) is 0.462. The molecule has 1 rings (SSSR count). The minimum atomic E-state index is -3.88. The molecule has 0 bridgehead atoms. The van der Waals surface area contributed by atoms with Crippen LogP contribution in [0.4, 0.5) is 4.39 Å². The number of benzene rings is 1. The number of nitrogens with one attached hydrogen (secondary N) is 2. The summed E-state index contributed by atoms with van der Waals surface area (Å²) in [5, 5.41) is 2.61. The molecule has 6 nitrogen and oxygen atoms in total. The summed E-state index contributed by atoms with van der Waals surface area (Å²) < 4.78 is 44.0. The molecule has 0 unspecified atom stereocenters. The van der Waals surface area contributed by atoms with Gasteiger partial charge in [-0.25, -0.2) is 12.8 Å². The number of methoxy groups -OCH3 is 1. The van der Waals surface area contributed by atoms with Gasteiger partial charge < -0.3 is 10.1 Å². The lowest BCUT2D eigenvalue weighted by Crippen LogP contribution is -2.48. The van der Waals surface area contributed by atoms with Crippen molar-refractivity contribution in [1.29, 1.82) is 0 Å². The van der Waals surface area contributed by atoms with Gasteiger partial charge in [0, 0.05) is 13.2 Å². The normalized spacial score (nSPS) is 14.5. The maximum atomic E-state index is 12.8. The highest BCUT2D eigenvalue weighted by molar-refractivity contribution is 7.89. The number of carbonyl (C=O) groups is 1. The van der Waals surface area contributed by atoms with Gasteiger partial charge in [-0.15, -0.1) is 0 Å². The van der Waals surface area contributed by atoms with Crippen LogP contribution in [0.15, 0.2) is 29.2 Å². The van der Waals surface area contributed by atoms with Gasteiger partial charge in [0.2, 0.25) is 15.9 Å². The SMILES string of the molecule is COC[C@@H](C)NC(=O)[C@H](C)NS(=O)(=O)c1ccc(F)cc1.